The Hall–Kier alpha value is -1.46. The van der Waals surface area contributed by atoms with Gasteiger partial charge in [0, 0.05) is 25.2 Å². The standard InChI is InChI=1S/C14H20FN3O/c1-14(13(17)19)4-5-18(9-14)8-10-2-3-12(15)11(6-10)7-16/h2-3,6H,4-5,7-9,16H2,1H3,(H2,17,19). The molecule has 1 aromatic rings. The van der Waals surface area contributed by atoms with Crippen molar-refractivity contribution in [3.8, 4) is 0 Å². The van der Waals surface area contributed by atoms with Gasteiger partial charge in [-0.05, 0) is 31.5 Å². The van der Waals surface area contributed by atoms with E-state index >= 15 is 0 Å². The molecule has 1 aliphatic heterocycles. The predicted octanol–water partition coefficient (Wildman–Crippen LogP) is 0.982. The number of amides is 1. The number of hydrogen-bond donors (Lipinski definition) is 2. The van der Waals surface area contributed by atoms with Gasteiger partial charge in [-0.2, -0.15) is 0 Å². The van der Waals surface area contributed by atoms with Crippen LogP contribution in [0.4, 0.5) is 4.39 Å². The van der Waals surface area contributed by atoms with Gasteiger partial charge in [-0.25, -0.2) is 4.39 Å². The number of carbonyl (C=O) groups excluding carboxylic acids is 1. The molecule has 1 atom stereocenters. The minimum absolute atomic E-state index is 0.193. The first-order chi connectivity index (χ1) is 8.94. The van der Waals surface area contributed by atoms with Crippen LogP contribution < -0.4 is 11.5 Å². The summed E-state index contributed by atoms with van der Waals surface area (Å²) in [6.45, 7) is 4.26. The molecule has 5 heteroatoms. The van der Waals surface area contributed by atoms with Crippen LogP contribution in [-0.4, -0.2) is 23.9 Å². The van der Waals surface area contributed by atoms with Crippen molar-refractivity contribution in [1.82, 2.24) is 4.90 Å². The van der Waals surface area contributed by atoms with Crippen LogP contribution in [0.5, 0.6) is 0 Å². The van der Waals surface area contributed by atoms with Crippen molar-refractivity contribution in [2.24, 2.45) is 16.9 Å². The Morgan fingerprint density at radius 1 is 1.53 bits per heavy atom. The fourth-order valence-electron chi connectivity index (χ4n) is 2.53. The Labute approximate surface area is 112 Å². The molecule has 1 saturated heterocycles. The number of primary amides is 1. The third-order valence-corrected chi connectivity index (χ3v) is 3.88. The zero-order valence-electron chi connectivity index (χ0n) is 11.2. The van der Waals surface area contributed by atoms with E-state index in [9.17, 15) is 9.18 Å². The van der Waals surface area contributed by atoms with Gasteiger partial charge in [0.05, 0.1) is 5.41 Å². The van der Waals surface area contributed by atoms with E-state index in [0.29, 0.717) is 18.7 Å². The van der Waals surface area contributed by atoms with Crippen LogP contribution in [0.25, 0.3) is 0 Å². The number of hydrogen-bond acceptors (Lipinski definition) is 3. The molecule has 1 aliphatic rings. The van der Waals surface area contributed by atoms with Crippen molar-refractivity contribution >= 4 is 5.91 Å². The number of nitrogens with zero attached hydrogens (tertiary/aromatic N) is 1. The zero-order valence-corrected chi connectivity index (χ0v) is 11.2. The van der Waals surface area contributed by atoms with Gasteiger partial charge in [0.15, 0.2) is 0 Å². The fourth-order valence-corrected chi connectivity index (χ4v) is 2.53. The van der Waals surface area contributed by atoms with Crippen molar-refractivity contribution in [2.45, 2.75) is 26.4 Å². The van der Waals surface area contributed by atoms with Gasteiger partial charge < -0.3 is 11.5 Å². The molecule has 0 radical (unpaired) electrons. The van der Waals surface area contributed by atoms with E-state index in [1.165, 1.54) is 6.07 Å². The summed E-state index contributed by atoms with van der Waals surface area (Å²) < 4.78 is 13.4. The molecular weight excluding hydrogens is 245 g/mol. The van der Waals surface area contributed by atoms with Gasteiger partial charge in [-0.1, -0.05) is 12.1 Å². The van der Waals surface area contributed by atoms with Crippen molar-refractivity contribution in [3.63, 3.8) is 0 Å². The van der Waals surface area contributed by atoms with E-state index in [1.54, 1.807) is 12.1 Å². The third kappa shape index (κ3) is 2.93. The summed E-state index contributed by atoms with van der Waals surface area (Å²) in [5.74, 6) is -0.522. The molecule has 4 N–H and O–H groups in total. The van der Waals surface area contributed by atoms with E-state index < -0.39 is 5.41 Å². The van der Waals surface area contributed by atoms with Crippen molar-refractivity contribution in [3.05, 3.63) is 35.1 Å². The Morgan fingerprint density at radius 3 is 2.84 bits per heavy atom. The molecule has 4 nitrogen and oxygen atoms in total. The monoisotopic (exact) mass is 265 g/mol. The molecule has 1 heterocycles. The quantitative estimate of drug-likeness (QED) is 0.852. The van der Waals surface area contributed by atoms with E-state index in [4.69, 9.17) is 11.5 Å². The van der Waals surface area contributed by atoms with Gasteiger partial charge in [-0.3, -0.25) is 9.69 Å². The highest BCUT2D eigenvalue weighted by molar-refractivity contribution is 5.81. The molecule has 0 spiro atoms. The summed E-state index contributed by atoms with van der Waals surface area (Å²) in [7, 11) is 0. The smallest absolute Gasteiger partial charge is 0.224 e. The molecule has 1 fully saturated rings. The van der Waals surface area contributed by atoms with Gasteiger partial charge in [0.25, 0.3) is 0 Å². The molecule has 0 saturated carbocycles. The number of nitrogens with two attached hydrogens (primary N) is 2. The van der Waals surface area contributed by atoms with Crippen LogP contribution in [0.2, 0.25) is 0 Å². The minimum atomic E-state index is -0.448. The highest BCUT2D eigenvalue weighted by Gasteiger charge is 2.38. The number of rotatable bonds is 4. The Bertz CT molecular complexity index is 492. The number of likely N-dealkylation sites (tertiary alicyclic amines) is 1. The predicted molar refractivity (Wildman–Crippen MR) is 71.5 cm³/mol. The maximum atomic E-state index is 13.4. The lowest BCUT2D eigenvalue weighted by molar-refractivity contribution is -0.126. The van der Waals surface area contributed by atoms with Crippen LogP contribution >= 0.6 is 0 Å². The number of halogens is 1. The second kappa shape index (κ2) is 5.27. The molecule has 1 unspecified atom stereocenters. The largest absolute Gasteiger partial charge is 0.369 e. The van der Waals surface area contributed by atoms with Crippen LogP contribution in [0.3, 0.4) is 0 Å². The molecular formula is C14H20FN3O. The van der Waals surface area contributed by atoms with Crippen LogP contribution in [0, 0.1) is 11.2 Å². The number of benzene rings is 1. The third-order valence-electron chi connectivity index (χ3n) is 3.88. The molecule has 19 heavy (non-hydrogen) atoms. The van der Waals surface area contributed by atoms with Gasteiger partial charge >= 0.3 is 0 Å². The lowest BCUT2D eigenvalue weighted by Crippen LogP contribution is -2.36. The maximum Gasteiger partial charge on any atom is 0.224 e. The molecule has 2 rings (SSSR count). The van der Waals surface area contributed by atoms with Gasteiger partial charge in [-0.15, -0.1) is 0 Å². The van der Waals surface area contributed by atoms with E-state index in [0.717, 1.165) is 18.5 Å². The molecule has 1 aromatic carbocycles. The zero-order chi connectivity index (χ0) is 14.0. The Morgan fingerprint density at radius 2 is 2.26 bits per heavy atom. The second-order valence-electron chi connectivity index (χ2n) is 5.52. The summed E-state index contributed by atoms with van der Waals surface area (Å²) >= 11 is 0. The van der Waals surface area contributed by atoms with E-state index in [-0.39, 0.29) is 18.3 Å². The van der Waals surface area contributed by atoms with Crippen LogP contribution in [-0.2, 0) is 17.9 Å². The maximum absolute atomic E-state index is 13.4. The fraction of sp³-hybridized carbons (Fsp3) is 0.500. The summed E-state index contributed by atoms with van der Waals surface area (Å²) in [5.41, 5.74) is 12.0. The molecule has 0 bridgehead atoms. The highest BCUT2D eigenvalue weighted by atomic mass is 19.1. The summed E-state index contributed by atoms with van der Waals surface area (Å²) in [4.78, 5) is 13.6. The normalized spacial score (nSPS) is 23.7. The summed E-state index contributed by atoms with van der Waals surface area (Å²) in [6.07, 6.45) is 0.771. The van der Waals surface area contributed by atoms with Crippen LogP contribution in [0.15, 0.2) is 18.2 Å². The minimum Gasteiger partial charge on any atom is -0.369 e. The molecule has 104 valence electrons. The van der Waals surface area contributed by atoms with Crippen molar-refractivity contribution in [1.29, 1.82) is 0 Å². The topological polar surface area (TPSA) is 72.4 Å². The van der Waals surface area contributed by atoms with Crippen LogP contribution in [0.1, 0.15) is 24.5 Å². The molecule has 0 aromatic heterocycles. The highest BCUT2D eigenvalue weighted by Crippen LogP contribution is 2.30. The molecule has 0 aliphatic carbocycles. The Kier molecular flexibility index (Phi) is 3.87. The first kappa shape index (κ1) is 14.0. The second-order valence-corrected chi connectivity index (χ2v) is 5.52. The first-order valence-electron chi connectivity index (χ1n) is 6.44. The van der Waals surface area contributed by atoms with E-state index in [2.05, 4.69) is 4.90 Å². The SMILES string of the molecule is CC1(C(N)=O)CCN(Cc2ccc(F)c(CN)c2)C1. The lowest BCUT2D eigenvalue weighted by atomic mass is 9.89. The molecule has 1 amide bonds. The van der Waals surface area contributed by atoms with Gasteiger partial charge in [0.1, 0.15) is 5.82 Å². The first-order valence-corrected chi connectivity index (χ1v) is 6.44. The average molecular weight is 265 g/mol. The average Bonchev–Trinajstić information content (AvgIpc) is 2.75. The lowest BCUT2D eigenvalue weighted by Gasteiger charge is -2.21. The number of carbonyl (C=O) groups is 1. The summed E-state index contributed by atoms with van der Waals surface area (Å²) in [5, 5.41) is 0. The van der Waals surface area contributed by atoms with E-state index in [1.807, 2.05) is 6.92 Å². The van der Waals surface area contributed by atoms with Crippen molar-refractivity contribution < 1.29 is 9.18 Å². The van der Waals surface area contributed by atoms with Crippen molar-refractivity contribution in [2.75, 3.05) is 13.1 Å². The van der Waals surface area contributed by atoms with Gasteiger partial charge in [0.2, 0.25) is 5.91 Å². The Balaban J connectivity index is 2.05. The summed E-state index contributed by atoms with van der Waals surface area (Å²) in [6, 6.07) is 4.99.